The molecular formula is C26H24N2O6S. The molecule has 8 nitrogen and oxygen atoms in total. The Morgan fingerprint density at radius 3 is 2.46 bits per heavy atom. The molecule has 0 spiro atoms. The van der Waals surface area contributed by atoms with Crippen molar-refractivity contribution < 1.29 is 27.5 Å². The Morgan fingerprint density at radius 1 is 1.06 bits per heavy atom. The SMILES string of the molecule is COCCN1Cc2cc(C(=O)OC)c3c(c2C1=O)c1ccccc1n3S(=O)(=O)c1ccc(C)cc1. The van der Waals surface area contributed by atoms with Crippen molar-refractivity contribution in [2.75, 3.05) is 27.4 Å². The van der Waals surface area contributed by atoms with Crippen molar-refractivity contribution in [3.05, 3.63) is 76.9 Å². The number of para-hydroxylation sites is 1. The second kappa shape index (κ2) is 8.51. The summed E-state index contributed by atoms with van der Waals surface area (Å²) in [5.74, 6) is -0.905. The molecule has 4 aromatic rings. The zero-order valence-electron chi connectivity index (χ0n) is 19.6. The first kappa shape index (κ1) is 23.1. The number of fused-ring (bicyclic) bond motifs is 5. The number of hydrogen-bond donors (Lipinski definition) is 0. The third kappa shape index (κ3) is 3.50. The number of methoxy groups -OCH3 is 2. The summed E-state index contributed by atoms with van der Waals surface area (Å²) in [5.41, 5.74) is 2.58. The van der Waals surface area contributed by atoms with E-state index in [9.17, 15) is 18.0 Å². The second-order valence-corrected chi connectivity index (χ2v) is 10.3. The van der Waals surface area contributed by atoms with Gasteiger partial charge in [0.25, 0.3) is 15.9 Å². The van der Waals surface area contributed by atoms with Crippen LogP contribution in [0.25, 0.3) is 21.8 Å². The first-order chi connectivity index (χ1) is 16.8. The fourth-order valence-corrected chi connectivity index (χ4v) is 6.24. The van der Waals surface area contributed by atoms with E-state index in [0.717, 1.165) is 5.56 Å². The average Bonchev–Trinajstić information content (AvgIpc) is 3.36. The maximum absolute atomic E-state index is 14.0. The topological polar surface area (TPSA) is 94.9 Å². The molecule has 1 amide bonds. The second-order valence-electron chi connectivity index (χ2n) is 8.49. The number of ether oxygens (including phenoxy) is 2. The van der Waals surface area contributed by atoms with Crippen molar-refractivity contribution >= 4 is 43.7 Å². The lowest BCUT2D eigenvalue weighted by atomic mass is 9.98. The van der Waals surface area contributed by atoms with Crippen molar-refractivity contribution in [2.24, 2.45) is 0 Å². The molecule has 0 atom stereocenters. The van der Waals surface area contributed by atoms with Crippen LogP contribution in [0.4, 0.5) is 0 Å². The smallest absolute Gasteiger partial charge is 0.340 e. The molecular weight excluding hydrogens is 468 g/mol. The number of rotatable bonds is 6. The molecule has 1 aliphatic heterocycles. The first-order valence-corrected chi connectivity index (χ1v) is 12.5. The average molecular weight is 493 g/mol. The van der Waals surface area contributed by atoms with E-state index in [1.165, 1.54) is 23.2 Å². The van der Waals surface area contributed by atoms with Crippen molar-refractivity contribution in [3.63, 3.8) is 0 Å². The van der Waals surface area contributed by atoms with E-state index >= 15 is 0 Å². The van der Waals surface area contributed by atoms with Crippen LogP contribution in [0, 0.1) is 6.92 Å². The largest absolute Gasteiger partial charge is 0.465 e. The third-order valence-corrected chi connectivity index (χ3v) is 8.10. The summed E-state index contributed by atoms with van der Waals surface area (Å²) in [5, 5.41) is 1.00. The Morgan fingerprint density at radius 2 is 1.77 bits per heavy atom. The molecule has 35 heavy (non-hydrogen) atoms. The van der Waals surface area contributed by atoms with Crippen LogP contribution in [0.15, 0.2) is 59.5 Å². The number of aryl methyl sites for hydroxylation is 1. The lowest BCUT2D eigenvalue weighted by Gasteiger charge is -2.14. The molecule has 0 unspecified atom stereocenters. The molecule has 0 bridgehead atoms. The van der Waals surface area contributed by atoms with Gasteiger partial charge in [0.2, 0.25) is 0 Å². The zero-order chi connectivity index (χ0) is 24.9. The van der Waals surface area contributed by atoms with Crippen LogP contribution < -0.4 is 0 Å². The van der Waals surface area contributed by atoms with E-state index in [4.69, 9.17) is 9.47 Å². The molecule has 0 radical (unpaired) electrons. The van der Waals surface area contributed by atoms with E-state index in [1.54, 1.807) is 54.5 Å². The highest BCUT2D eigenvalue weighted by atomic mass is 32.2. The molecule has 0 aliphatic carbocycles. The van der Waals surface area contributed by atoms with Crippen molar-refractivity contribution in [2.45, 2.75) is 18.4 Å². The normalized spacial score (nSPS) is 13.6. The van der Waals surface area contributed by atoms with E-state index in [-0.39, 0.29) is 21.9 Å². The molecule has 5 rings (SSSR count). The van der Waals surface area contributed by atoms with Gasteiger partial charge in [-0.15, -0.1) is 0 Å². The van der Waals surface area contributed by atoms with Crippen molar-refractivity contribution in [1.82, 2.24) is 8.87 Å². The van der Waals surface area contributed by atoms with E-state index in [0.29, 0.717) is 47.1 Å². The standard InChI is InChI=1S/C26H24N2O6S/c1-16-8-10-18(11-9-16)35(31,32)28-21-7-5-4-6-19(21)23-22-17(14-20(24(23)28)26(30)34-3)15-27(25(22)29)12-13-33-2/h4-11,14H,12-13,15H2,1-3H3. The van der Waals surface area contributed by atoms with Crippen LogP contribution in [0.5, 0.6) is 0 Å². The fourth-order valence-electron chi connectivity index (χ4n) is 4.70. The molecule has 0 N–H and O–H groups in total. The molecule has 9 heteroatoms. The minimum Gasteiger partial charge on any atom is -0.465 e. The fraction of sp³-hybridized carbons (Fsp3) is 0.231. The number of carbonyl (C=O) groups is 2. The summed E-state index contributed by atoms with van der Waals surface area (Å²) in [6, 6.07) is 15.0. The highest BCUT2D eigenvalue weighted by Crippen LogP contribution is 2.41. The quantitative estimate of drug-likeness (QED) is 0.381. The minimum atomic E-state index is -4.13. The van der Waals surface area contributed by atoms with Crippen LogP contribution in [0.3, 0.4) is 0 Å². The van der Waals surface area contributed by atoms with Crippen LogP contribution in [-0.4, -0.2) is 56.5 Å². The van der Waals surface area contributed by atoms with Crippen LogP contribution in [-0.2, 0) is 26.0 Å². The lowest BCUT2D eigenvalue weighted by Crippen LogP contribution is -2.27. The maximum atomic E-state index is 14.0. The van der Waals surface area contributed by atoms with Crippen molar-refractivity contribution in [1.29, 1.82) is 0 Å². The van der Waals surface area contributed by atoms with Gasteiger partial charge in [-0.05, 0) is 36.8 Å². The highest BCUT2D eigenvalue weighted by molar-refractivity contribution is 7.90. The summed E-state index contributed by atoms with van der Waals surface area (Å²) in [7, 11) is -1.32. The van der Waals surface area contributed by atoms with Gasteiger partial charge in [-0.1, -0.05) is 35.9 Å². The number of hydrogen-bond acceptors (Lipinski definition) is 6. The molecule has 1 aliphatic rings. The Bertz CT molecular complexity index is 1600. The number of amides is 1. The van der Waals surface area contributed by atoms with Crippen LogP contribution in [0.1, 0.15) is 31.8 Å². The van der Waals surface area contributed by atoms with Gasteiger partial charge in [0.05, 0.1) is 40.8 Å². The van der Waals surface area contributed by atoms with Crippen LogP contribution in [0.2, 0.25) is 0 Å². The molecule has 180 valence electrons. The summed E-state index contributed by atoms with van der Waals surface area (Å²) >= 11 is 0. The van der Waals surface area contributed by atoms with Gasteiger partial charge in [-0.3, -0.25) is 4.79 Å². The van der Waals surface area contributed by atoms with Crippen molar-refractivity contribution in [3.8, 4) is 0 Å². The van der Waals surface area contributed by atoms with Gasteiger partial charge >= 0.3 is 5.97 Å². The van der Waals surface area contributed by atoms with Gasteiger partial charge in [0.15, 0.2) is 0 Å². The Balaban J connectivity index is 1.91. The van der Waals surface area contributed by atoms with Gasteiger partial charge in [-0.2, -0.15) is 0 Å². The summed E-state index contributed by atoms with van der Waals surface area (Å²) < 4.78 is 39.3. The Kier molecular flexibility index (Phi) is 5.61. The van der Waals surface area contributed by atoms with Gasteiger partial charge < -0.3 is 14.4 Å². The minimum absolute atomic E-state index is 0.0788. The zero-order valence-corrected chi connectivity index (χ0v) is 20.4. The summed E-state index contributed by atoms with van der Waals surface area (Å²) in [6.45, 7) is 2.90. The van der Waals surface area contributed by atoms with E-state index in [1.807, 2.05) is 6.92 Å². The predicted octanol–water partition coefficient (Wildman–Crippen LogP) is 3.73. The number of esters is 1. The molecule has 0 saturated carbocycles. The molecule has 1 aromatic heterocycles. The molecule has 2 heterocycles. The lowest BCUT2D eigenvalue weighted by molar-refractivity contribution is 0.0602. The van der Waals surface area contributed by atoms with E-state index < -0.39 is 16.0 Å². The summed E-state index contributed by atoms with van der Waals surface area (Å²) in [6.07, 6.45) is 0. The summed E-state index contributed by atoms with van der Waals surface area (Å²) in [4.78, 5) is 28.1. The highest BCUT2D eigenvalue weighted by Gasteiger charge is 2.36. The van der Waals surface area contributed by atoms with Crippen LogP contribution >= 0.6 is 0 Å². The molecule has 0 saturated heterocycles. The number of carbonyl (C=O) groups excluding carboxylic acids is 2. The third-order valence-electron chi connectivity index (χ3n) is 6.37. The first-order valence-electron chi connectivity index (χ1n) is 11.1. The maximum Gasteiger partial charge on any atom is 0.340 e. The van der Waals surface area contributed by atoms with Gasteiger partial charge in [0.1, 0.15) is 0 Å². The van der Waals surface area contributed by atoms with E-state index in [2.05, 4.69) is 0 Å². The number of benzene rings is 3. The number of nitrogens with zero attached hydrogens (tertiary/aromatic N) is 2. The monoisotopic (exact) mass is 492 g/mol. The number of aromatic nitrogens is 1. The molecule has 0 fully saturated rings. The Hall–Kier alpha value is -3.69. The molecule has 3 aromatic carbocycles. The predicted molar refractivity (Wildman–Crippen MR) is 131 cm³/mol. The van der Waals surface area contributed by atoms with Gasteiger partial charge in [0, 0.05) is 31.0 Å². The Labute approximate surface area is 202 Å². The van der Waals surface area contributed by atoms with Gasteiger partial charge in [-0.25, -0.2) is 17.2 Å².